The van der Waals surface area contributed by atoms with Crippen LogP contribution in [0, 0.1) is 0 Å². The molecule has 1 fully saturated rings. The zero-order valence-electron chi connectivity index (χ0n) is 14.1. The molecule has 1 aliphatic heterocycles. The number of benzene rings is 1. The molecule has 1 saturated heterocycles. The number of carbonyl (C=O) groups is 2. The van der Waals surface area contributed by atoms with Crippen LogP contribution in [0.2, 0.25) is 0 Å². The van der Waals surface area contributed by atoms with Crippen molar-refractivity contribution in [2.75, 3.05) is 40.3 Å². The molecule has 0 aliphatic carbocycles. The lowest BCUT2D eigenvalue weighted by atomic mass is 10.1. The number of nitrogens with zero attached hydrogens (tertiary/aromatic N) is 3. The second-order valence-electron chi connectivity index (χ2n) is 5.94. The first-order valence-corrected chi connectivity index (χ1v) is 7.79. The molecule has 0 bridgehead atoms. The lowest BCUT2D eigenvalue weighted by molar-refractivity contribution is -0.137. The number of hydrogen-bond donors (Lipinski definition) is 0. The summed E-state index contributed by atoms with van der Waals surface area (Å²) in [6.07, 6.45) is -1.55. The third kappa shape index (κ3) is 4.98. The zero-order chi connectivity index (χ0) is 18.6. The summed E-state index contributed by atoms with van der Waals surface area (Å²) in [4.78, 5) is 28.8. The Morgan fingerprint density at radius 3 is 2.00 bits per heavy atom. The van der Waals surface area contributed by atoms with Crippen molar-refractivity contribution in [3.05, 3.63) is 41.5 Å². The molecule has 0 atom stereocenters. The number of halogens is 3. The van der Waals surface area contributed by atoms with Gasteiger partial charge in [-0.3, -0.25) is 4.79 Å². The lowest BCUT2D eigenvalue weighted by Gasteiger charge is -2.35. The Hall–Kier alpha value is -2.51. The summed E-state index contributed by atoms with van der Waals surface area (Å²) in [5, 5.41) is 0. The Bertz CT molecular complexity index is 646. The highest BCUT2D eigenvalue weighted by Crippen LogP contribution is 2.29. The Kier molecular flexibility index (Phi) is 5.71. The van der Waals surface area contributed by atoms with Gasteiger partial charge >= 0.3 is 12.2 Å². The highest BCUT2D eigenvalue weighted by molar-refractivity contribution is 5.92. The Labute approximate surface area is 144 Å². The summed E-state index contributed by atoms with van der Waals surface area (Å²) in [6.45, 7) is 1.76. The first-order valence-electron chi connectivity index (χ1n) is 7.79. The van der Waals surface area contributed by atoms with Crippen molar-refractivity contribution >= 4 is 18.0 Å². The smallest absolute Gasteiger partial charge is 0.336 e. The molecule has 0 saturated carbocycles. The average Bonchev–Trinajstić information content (AvgIpc) is 2.58. The normalized spacial score (nSPS) is 15.6. The Morgan fingerprint density at radius 2 is 1.52 bits per heavy atom. The van der Waals surface area contributed by atoms with Crippen LogP contribution in [-0.2, 0) is 11.0 Å². The monoisotopic (exact) mass is 355 g/mol. The molecule has 0 unspecified atom stereocenters. The van der Waals surface area contributed by atoms with Gasteiger partial charge in [0, 0.05) is 46.4 Å². The van der Waals surface area contributed by atoms with Crippen LogP contribution in [-0.4, -0.2) is 66.9 Å². The van der Waals surface area contributed by atoms with Gasteiger partial charge in [0.2, 0.25) is 5.91 Å². The molecule has 136 valence electrons. The van der Waals surface area contributed by atoms with Crippen LogP contribution in [0.4, 0.5) is 18.0 Å². The predicted molar refractivity (Wildman–Crippen MR) is 87.7 cm³/mol. The van der Waals surface area contributed by atoms with Gasteiger partial charge < -0.3 is 14.7 Å². The van der Waals surface area contributed by atoms with Crippen LogP contribution in [0.1, 0.15) is 11.1 Å². The topological polar surface area (TPSA) is 43.9 Å². The van der Waals surface area contributed by atoms with Crippen LogP contribution in [0.15, 0.2) is 30.3 Å². The minimum Gasteiger partial charge on any atom is -0.336 e. The molecular weight excluding hydrogens is 335 g/mol. The summed E-state index contributed by atoms with van der Waals surface area (Å²) in [5.41, 5.74) is -0.208. The van der Waals surface area contributed by atoms with Gasteiger partial charge in [0.05, 0.1) is 5.56 Å². The van der Waals surface area contributed by atoms with E-state index in [4.69, 9.17) is 0 Å². The van der Waals surface area contributed by atoms with Gasteiger partial charge in [0.15, 0.2) is 0 Å². The molecule has 0 aromatic heterocycles. The van der Waals surface area contributed by atoms with Gasteiger partial charge in [-0.2, -0.15) is 13.2 Å². The number of piperazine rings is 1. The second-order valence-corrected chi connectivity index (χ2v) is 5.94. The Morgan fingerprint density at radius 1 is 1.00 bits per heavy atom. The molecular formula is C17H20F3N3O2. The van der Waals surface area contributed by atoms with Crippen LogP contribution in [0.5, 0.6) is 0 Å². The number of rotatable bonds is 2. The first kappa shape index (κ1) is 18.8. The molecule has 0 spiro atoms. The molecule has 0 N–H and O–H groups in total. The maximum Gasteiger partial charge on any atom is 0.416 e. The number of amides is 3. The summed E-state index contributed by atoms with van der Waals surface area (Å²) in [6, 6.07) is 4.51. The molecule has 1 heterocycles. The summed E-state index contributed by atoms with van der Waals surface area (Å²) >= 11 is 0. The lowest BCUT2D eigenvalue weighted by Crippen LogP contribution is -2.52. The van der Waals surface area contributed by atoms with E-state index in [1.807, 2.05) is 0 Å². The maximum atomic E-state index is 12.5. The molecule has 8 heteroatoms. The average molecular weight is 355 g/mol. The van der Waals surface area contributed by atoms with Crippen LogP contribution >= 0.6 is 0 Å². The fourth-order valence-corrected chi connectivity index (χ4v) is 2.46. The summed E-state index contributed by atoms with van der Waals surface area (Å²) in [7, 11) is 3.35. The molecule has 1 aromatic rings. The minimum atomic E-state index is -4.37. The number of alkyl halides is 3. The van der Waals surface area contributed by atoms with Gasteiger partial charge in [0.1, 0.15) is 0 Å². The maximum absolute atomic E-state index is 12.5. The first-order chi connectivity index (χ1) is 11.7. The van der Waals surface area contributed by atoms with E-state index in [0.29, 0.717) is 31.7 Å². The van der Waals surface area contributed by atoms with Crippen LogP contribution in [0.25, 0.3) is 6.08 Å². The van der Waals surface area contributed by atoms with E-state index in [0.717, 1.165) is 12.1 Å². The van der Waals surface area contributed by atoms with Crippen molar-refractivity contribution < 1.29 is 22.8 Å². The molecule has 5 nitrogen and oxygen atoms in total. The fourth-order valence-electron chi connectivity index (χ4n) is 2.46. The molecule has 1 aliphatic rings. The molecule has 0 radical (unpaired) electrons. The Balaban J connectivity index is 1.90. The van der Waals surface area contributed by atoms with Crippen LogP contribution < -0.4 is 0 Å². The van der Waals surface area contributed by atoms with Gasteiger partial charge in [-0.15, -0.1) is 0 Å². The van der Waals surface area contributed by atoms with Gasteiger partial charge in [-0.1, -0.05) is 12.1 Å². The summed E-state index contributed by atoms with van der Waals surface area (Å²) in [5.74, 6) is -0.225. The van der Waals surface area contributed by atoms with Crippen molar-refractivity contribution in [3.8, 4) is 0 Å². The van der Waals surface area contributed by atoms with E-state index in [1.165, 1.54) is 29.2 Å². The van der Waals surface area contributed by atoms with Gasteiger partial charge in [-0.05, 0) is 23.8 Å². The van der Waals surface area contributed by atoms with E-state index in [2.05, 4.69) is 0 Å². The molecule has 25 heavy (non-hydrogen) atoms. The number of carbonyl (C=O) groups excluding carboxylic acids is 2. The van der Waals surface area contributed by atoms with Crippen LogP contribution in [0.3, 0.4) is 0 Å². The third-order valence-electron chi connectivity index (χ3n) is 3.90. The van der Waals surface area contributed by atoms with Crippen molar-refractivity contribution in [2.24, 2.45) is 0 Å². The van der Waals surface area contributed by atoms with E-state index in [1.54, 1.807) is 23.9 Å². The van der Waals surface area contributed by atoms with Crippen molar-refractivity contribution in [2.45, 2.75) is 6.18 Å². The molecule has 3 amide bonds. The highest BCUT2D eigenvalue weighted by atomic mass is 19.4. The van der Waals surface area contributed by atoms with Crippen molar-refractivity contribution in [1.82, 2.24) is 14.7 Å². The third-order valence-corrected chi connectivity index (χ3v) is 3.90. The fraction of sp³-hybridized carbons (Fsp3) is 0.412. The SMILES string of the molecule is CN(C)C(=O)N1CCN(C(=O)/C=C/c2ccc(C(F)(F)F)cc2)CC1. The predicted octanol–water partition coefficient (Wildman–Crippen LogP) is 2.54. The summed E-state index contributed by atoms with van der Waals surface area (Å²) < 4.78 is 37.5. The van der Waals surface area contributed by atoms with Crippen molar-refractivity contribution in [1.29, 1.82) is 0 Å². The van der Waals surface area contributed by atoms with E-state index in [9.17, 15) is 22.8 Å². The standard InChI is InChI=1S/C17H20F3N3O2/c1-21(2)16(25)23-11-9-22(10-12-23)15(24)8-5-13-3-6-14(7-4-13)17(18,19)20/h3-8H,9-12H2,1-2H3/b8-5+. The van der Waals surface area contributed by atoms with Gasteiger partial charge in [0.25, 0.3) is 0 Å². The van der Waals surface area contributed by atoms with Gasteiger partial charge in [-0.25, -0.2) is 4.79 Å². The number of urea groups is 1. The van der Waals surface area contributed by atoms with E-state index >= 15 is 0 Å². The number of hydrogen-bond acceptors (Lipinski definition) is 2. The van der Waals surface area contributed by atoms with E-state index in [-0.39, 0.29) is 11.9 Å². The highest BCUT2D eigenvalue weighted by Gasteiger charge is 2.29. The van der Waals surface area contributed by atoms with E-state index < -0.39 is 11.7 Å². The molecule has 1 aromatic carbocycles. The minimum absolute atomic E-state index is 0.0904. The zero-order valence-corrected chi connectivity index (χ0v) is 14.1. The van der Waals surface area contributed by atoms with Crippen molar-refractivity contribution in [3.63, 3.8) is 0 Å². The quantitative estimate of drug-likeness (QED) is 0.766. The largest absolute Gasteiger partial charge is 0.416 e. The molecule has 2 rings (SSSR count). The second kappa shape index (κ2) is 7.58.